The van der Waals surface area contributed by atoms with E-state index in [1.54, 1.807) is 0 Å². The molecule has 4 heteroatoms. The number of likely N-dealkylation sites (tertiary alicyclic amines) is 1. The molecule has 2 rings (SSSR count). The van der Waals surface area contributed by atoms with Crippen LogP contribution in [0.1, 0.15) is 25.8 Å². The van der Waals surface area contributed by atoms with Gasteiger partial charge in [0, 0.05) is 18.6 Å². The highest BCUT2D eigenvalue weighted by atomic mass is 16.2. The van der Waals surface area contributed by atoms with Gasteiger partial charge in [0.2, 0.25) is 5.91 Å². The molecule has 1 aliphatic rings. The molecule has 122 valence electrons. The van der Waals surface area contributed by atoms with E-state index in [1.165, 1.54) is 6.42 Å². The van der Waals surface area contributed by atoms with Crippen LogP contribution in [0, 0.1) is 5.92 Å². The molecule has 1 heterocycles. The van der Waals surface area contributed by atoms with Crippen LogP contribution in [-0.2, 0) is 11.3 Å². The van der Waals surface area contributed by atoms with Gasteiger partial charge in [0.05, 0.1) is 6.54 Å². The van der Waals surface area contributed by atoms with Crippen LogP contribution >= 0.6 is 0 Å². The summed E-state index contributed by atoms with van der Waals surface area (Å²) in [6.07, 6.45) is 1.21. The van der Waals surface area contributed by atoms with Crippen LogP contribution in [0.25, 0.3) is 0 Å². The lowest BCUT2D eigenvalue weighted by atomic mass is 9.88. The molecule has 1 atom stereocenters. The number of hydrogen-bond acceptors (Lipinski definition) is 3. The zero-order valence-corrected chi connectivity index (χ0v) is 14.3. The lowest BCUT2D eigenvalue weighted by Crippen LogP contribution is -2.45. The normalized spacial score (nSPS) is 21.2. The maximum absolute atomic E-state index is 12.1. The number of likely N-dealkylation sites (N-methyl/N-ethyl adjacent to an activating group) is 1. The lowest BCUT2D eigenvalue weighted by molar-refractivity contribution is -0.122. The fourth-order valence-electron chi connectivity index (χ4n) is 3.16. The first-order valence-electron chi connectivity index (χ1n) is 8.10. The molecule has 1 amide bonds. The van der Waals surface area contributed by atoms with Gasteiger partial charge in [-0.15, -0.1) is 0 Å². The number of carbonyl (C=O) groups is 1. The van der Waals surface area contributed by atoms with E-state index in [-0.39, 0.29) is 11.4 Å². The highest BCUT2D eigenvalue weighted by molar-refractivity contribution is 5.77. The standard InChI is InChI=1S/C18H29N3O/c1-18(2)16(10-11-21(18)4)13-20(3)14-17(22)19-12-15-8-6-5-7-9-15/h5-9,16H,10-14H2,1-4H3,(H,19,22). The molecule has 0 spiro atoms. The summed E-state index contributed by atoms with van der Waals surface area (Å²) < 4.78 is 0. The Hall–Kier alpha value is -1.39. The lowest BCUT2D eigenvalue weighted by Gasteiger charge is -2.35. The third kappa shape index (κ3) is 4.31. The summed E-state index contributed by atoms with van der Waals surface area (Å²) in [4.78, 5) is 16.6. The van der Waals surface area contributed by atoms with Crippen molar-refractivity contribution in [1.82, 2.24) is 15.1 Å². The minimum atomic E-state index is 0.0931. The van der Waals surface area contributed by atoms with Crippen LogP contribution in [0.3, 0.4) is 0 Å². The van der Waals surface area contributed by atoms with Gasteiger partial charge >= 0.3 is 0 Å². The van der Waals surface area contributed by atoms with Crippen LogP contribution < -0.4 is 5.32 Å². The fourth-order valence-corrected chi connectivity index (χ4v) is 3.16. The number of nitrogens with one attached hydrogen (secondary N) is 1. The van der Waals surface area contributed by atoms with E-state index in [0.717, 1.165) is 18.7 Å². The van der Waals surface area contributed by atoms with Crippen molar-refractivity contribution in [2.24, 2.45) is 5.92 Å². The van der Waals surface area contributed by atoms with Gasteiger partial charge < -0.3 is 10.2 Å². The summed E-state index contributed by atoms with van der Waals surface area (Å²) >= 11 is 0. The molecule has 0 radical (unpaired) electrons. The Morgan fingerprint density at radius 1 is 1.36 bits per heavy atom. The molecule has 1 aromatic carbocycles. The monoisotopic (exact) mass is 303 g/mol. The third-order valence-electron chi connectivity index (χ3n) is 5.07. The van der Waals surface area contributed by atoms with Crippen molar-refractivity contribution < 1.29 is 4.79 Å². The number of benzene rings is 1. The molecule has 1 aliphatic heterocycles. The number of nitrogens with zero attached hydrogens (tertiary/aromatic N) is 2. The van der Waals surface area contributed by atoms with Gasteiger partial charge in [0.1, 0.15) is 0 Å². The van der Waals surface area contributed by atoms with Crippen LogP contribution in [0.5, 0.6) is 0 Å². The molecule has 0 bridgehead atoms. The molecule has 0 saturated carbocycles. The molecule has 1 unspecified atom stereocenters. The van der Waals surface area contributed by atoms with Crippen molar-refractivity contribution in [3.8, 4) is 0 Å². The van der Waals surface area contributed by atoms with Crippen molar-refractivity contribution >= 4 is 5.91 Å². The van der Waals surface area contributed by atoms with E-state index < -0.39 is 0 Å². The van der Waals surface area contributed by atoms with Gasteiger partial charge in [-0.2, -0.15) is 0 Å². The van der Waals surface area contributed by atoms with E-state index in [9.17, 15) is 4.79 Å². The maximum atomic E-state index is 12.1. The number of rotatable bonds is 6. The average Bonchev–Trinajstić information content (AvgIpc) is 2.73. The first-order valence-corrected chi connectivity index (χ1v) is 8.10. The van der Waals surface area contributed by atoms with Crippen LogP contribution in [0.2, 0.25) is 0 Å². The first kappa shape index (κ1) is 17.0. The zero-order chi connectivity index (χ0) is 16.2. The molecule has 1 N–H and O–H groups in total. The summed E-state index contributed by atoms with van der Waals surface area (Å²) in [7, 11) is 4.23. The number of hydrogen-bond donors (Lipinski definition) is 1. The molecule has 1 saturated heterocycles. The Kier molecular flexibility index (Phi) is 5.59. The molecular weight excluding hydrogens is 274 g/mol. The summed E-state index contributed by atoms with van der Waals surface area (Å²) in [6, 6.07) is 10.0. The van der Waals surface area contributed by atoms with Gasteiger partial charge in [-0.05, 0) is 52.4 Å². The summed E-state index contributed by atoms with van der Waals surface area (Å²) in [5, 5.41) is 2.99. The van der Waals surface area contributed by atoms with Gasteiger partial charge in [0.15, 0.2) is 0 Å². The van der Waals surface area contributed by atoms with E-state index in [0.29, 0.717) is 19.0 Å². The minimum Gasteiger partial charge on any atom is -0.351 e. The molecule has 4 nitrogen and oxygen atoms in total. The highest BCUT2D eigenvalue weighted by Crippen LogP contribution is 2.33. The molecule has 0 aliphatic carbocycles. The van der Waals surface area contributed by atoms with Crippen LogP contribution in [0.4, 0.5) is 0 Å². The topological polar surface area (TPSA) is 35.6 Å². The average molecular weight is 303 g/mol. The minimum absolute atomic E-state index is 0.0931. The Balaban J connectivity index is 1.75. The Morgan fingerprint density at radius 2 is 2.05 bits per heavy atom. The van der Waals surface area contributed by atoms with Crippen molar-refractivity contribution in [2.45, 2.75) is 32.4 Å². The third-order valence-corrected chi connectivity index (χ3v) is 5.07. The second kappa shape index (κ2) is 7.25. The summed E-state index contributed by atoms with van der Waals surface area (Å²) in [5.74, 6) is 0.708. The second-order valence-electron chi connectivity index (χ2n) is 7.02. The van der Waals surface area contributed by atoms with Crippen molar-refractivity contribution in [1.29, 1.82) is 0 Å². The SMILES string of the molecule is CN(CC(=O)NCc1ccccc1)CC1CCN(C)C1(C)C. The largest absolute Gasteiger partial charge is 0.351 e. The van der Waals surface area contributed by atoms with Crippen LogP contribution in [-0.4, -0.2) is 55.0 Å². The quantitative estimate of drug-likeness (QED) is 0.873. The summed E-state index contributed by atoms with van der Waals surface area (Å²) in [6.45, 7) is 7.78. The molecule has 0 aromatic heterocycles. The molecular formula is C18H29N3O. The predicted octanol–water partition coefficient (Wildman–Crippen LogP) is 1.96. The smallest absolute Gasteiger partial charge is 0.234 e. The number of carbonyl (C=O) groups excluding carboxylic acids is 1. The summed E-state index contributed by atoms with van der Waals surface area (Å²) in [5.41, 5.74) is 1.35. The van der Waals surface area contributed by atoms with E-state index >= 15 is 0 Å². The van der Waals surface area contributed by atoms with E-state index in [4.69, 9.17) is 0 Å². The van der Waals surface area contributed by atoms with Gasteiger partial charge in [-0.1, -0.05) is 30.3 Å². The zero-order valence-electron chi connectivity index (χ0n) is 14.3. The molecule has 1 aromatic rings. The maximum Gasteiger partial charge on any atom is 0.234 e. The Labute approximate surface area is 134 Å². The molecule has 22 heavy (non-hydrogen) atoms. The van der Waals surface area contributed by atoms with Crippen LogP contribution in [0.15, 0.2) is 30.3 Å². The fraction of sp³-hybridized carbons (Fsp3) is 0.611. The number of amides is 1. The Bertz CT molecular complexity index is 486. The predicted molar refractivity (Wildman–Crippen MR) is 90.6 cm³/mol. The van der Waals surface area contributed by atoms with Gasteiger partial charge in [-0.3, -0.25) is 9.69 Å². The second-order valence-corrected chi connectivity index (χ2v) is 7.02. The van der Waals surface area contributed by atoms with E-state index in [1.807, 2.05) is 37.4 Å². The van der Waals surface area contributed by atoms with E-state index in [2.05, 4.69) is 36.0 Å². The van der Waals surface area contributed by atoms with Crippen molar-refractivity contribution in [2.75, 3.05) is 33.7 Å². The van der Waals surface area contributed by atoms with Gasteiger partial charge in [-0.25, -0.2) is 0 Å². The first-order chi connectivity index (χ1) is 10.4. The van der Waals surface area contributed by atoms with Crippen molar-refractivity contribution in [3.63, 3.8) is 0 Å². The van der Waals surface area contributed by atoms with Crippen molar-refractivity contribution in [3.05, 3.63) is 35.9 Å². The Morgan fingerprint density at radius 3 is 2.64 bits per heavy atom. The highest BCUT2D eigenvalue weighted by Gasteiger charge is 2.39. The van der Waals surface area contributed by atoms with Gasteiger partial charge in [0.25, 0.3) is 0 Å². The molecule has 1 fully saturated rings.